The van der Waals surface area contributed by atoms with Crippen molar-refractivity contribution in [3.05, 3.63) is 30.3 Å². The van der Waals surface area contributed by atoms with Crippen molar-refractivity contribution in [2.24, 2.45) is 0 Å². The summed E-state index contributed by atoms with van der Waals surface area (Å²) in [7, 11) is 0. The molecule has 0 radical (unpaired) electrons. The molecular formula is C15H22N2O2. The van der Waals surface area contributed by atoms with Gasteiger partial charge in [-0.25, -0.2) is 0 Å². The van der Waals surface area contributed by atoms with E-state index in [-0.39, 0.29) is 5.91 Å². The molecule has 19 heavy (non-hydrogen) atoms. The van der Waals surface area contributed by atoms with Crippen molar-refractivity contribution in [3.63, 3.8) is 0 Å². The van der Waals surface area contributed by atoms with Crippen molar-refractivity contribution in [2.75, 3.05) is 31.1 Å². The number of aliphatic hydroxyl groups is 1. The van der Waals surface area contributed by atoms with Crippen LogP contribution < -0.4 is 4.90 Å². The number of anilines is 1. The molecule has 0 bridgehead atoms. The van der Waals surface area contributed by atoms with Gasteiger partial charge in [-0.1, -0.05) is 25.1 Å². The average molecular weight is 262 g/mol. The van der Waals surface area contributed by atoms with E-state index in [2.05, 4.69) is 0 Å². The van der Waals surface area contributed by atoms with Gasteiger partial charge in [0.25, 0.3) is 0 Å². The van der Waals surface area contributed by atoms with Crippen LogP contribution in [0.4, 0.5) is 5.69 Å². The van der Waals surface area contributed by atoms with Gasteiger partial charge in [-0.15, -0.1) is 0 Å². The van der Waals surface area contributed by atoms with Crippen LogP contribution in [0.2, 0.25) is 0 Å². The van der Waals surface area contributed by atoms with Crippen molar-refractivity contribution in [1.29, 1.82) is 0 Å². The Morgan fingerprint density at radius 3 is 2.47 bits per heavy atom. The molecule has 1 fully saturated rings. The zero-order valence-corrected chi connectivity index (χ0v) is 11.7. The third-order valence-electron chi connectivity index (χ3n) is 3.74. The zero-order valence-electron chi connectivity index (χ0n) is 11.7. The van der Waals surface area contributed by atoms with E-state index in [0.29, 0.717) is 26.2 Å². The summed E-state index contributed by atoms with van der Waals surface area (Å²) in [6.45, 7) is 6.19. The molecular weight excluding hydrogens is 240 g/mol. The van der Waals surface area contributed by atoms with Crippen LogP contribution >= 0.6 is 0 Å². The van der Waals surface area contributed by atoms with Gasteiger partial charge < -0.3 is 10.0 Å². The number of carbonyl (C=O) groups is 1. The minimum atomic E-state index is -0.579. The van der Waals surface area contributed by atoms with Crippen LogP contribution in [-0.2, 0) is 4.79 Å². The molecule has 0 aromatic heterocycles. The quantitative estimate of drug-likeness (QED) is 0.874. The Hall–Kier alpha value is -1.39. The highest BCUT2D eigenvalue weighted by atomic mass is 16.3. The molecule has 4 heteroatoms. The summed E-state index contributed by atoms with van der Waals surface area (Å²) in [5, 5.41) is 9.95. The van der Waals surface area contributed by atoms with Crippen LogP contribution in [0.5, 0.6) is 0 Å². The molecule has 0 saturated carbocycles. The second-order valence-corrected chi connectivity index (χ2v) is 5.20. The highest BCUT2D eigenvalue weighted by Crippen LogP contribution is 2.24. The Bertz CT molecular complexity index is 427. The van der Waals surface area contributed by atoms with E-state index in [0.717, 1.165) is 12.1 Å². The Morgan fingerprint density at radius 2 is 1.95 bits per heavy atom. The first-order valence-corrected chi connectivity index (χ1v) is 6.88. The van der Waals surface area contributed by atoms with Crippen molar-refractivity contribution >= 4 is 11.6 Å². The standard InChI is InChI=1S/C15H22N2O2/c1-3-15(19)11-16(12-15)10-14(18)17(4-2)13-8-6-5-7-9-13/h5-9,19H,3-4,10-12H2,1-2H3. The smallest absolute Gasteiger partial charge is 0.241 e. The normalized spacial score (nSPS) is 17.8. The van der Waals surface area contributed by atoms with Gasteiger partial charge in [0.05, 0.1) is 12.1 Å². The molecule has 4 nitrogen and oxygen atoms in total. The molecule has 0 spiro atoms. The van der Waals surface area contributed by atoms with Crippen LogP contribution in [0.3, 0.4) is 0 Å². The molecule has 1 aromatic carbocycles. The summed E-state index contributed by atoms with van der Waals surface area (Å²) < 4.78 is 0. The number of likely N-dealkylation sites (tertiary alicyclic amines) is 1. The van der Waals surface area contributed by atoms with Gasteiger partial charge in [0.15, 0.2) is 0 Å². The first kappa shape index (κ1) is 14.0. The Labute approximate surface area is 114 Å². The van der Waals surface area contributed by atoms with Crippen molar-refractivity contribution in [3.8, 4) is 0 Å². The third-order valence-corrected chi connectivity index (χ3v) is 3.74. The number of β-amino-alcohol motifs (C(OH)–C–C–N with tert-alkyl or cyclic N) is 1. The van der Waals surface area contributed by atoms with Crippen molar-refractivity contribution in [2.45, 2.75) is 25.9 Å². The minimum Gasteiger partial charge on any atom is -0.387 e. The van der Waals surface area contributed by atoms with E-state index in [4.69, 9.17) is 0 Å². The summed E-state index contributed by atoms with van der Waals surface area (Å²) in [5.74, 6) is 0.0897. The highest BCUT2D eigenvalue weighted by molar-refractivity contribution is 5.94. The fraction of sp³-hybridized carbons (Fsp3) is 0.533. The number of carbonyl (C=O) groups excluding carboxylic acids is 1. The van der Waals surface area contributed by atoms with E-state index in [1.165, 1.54) is 0 Å². The Kier molecular flexibility index (Phi) is 4.22. The van der Waals surface area contributed by atoms with Gasteiger partial charge in [-0.3, -0.25) is 9.69 Å². The third kappa shape index (κ3) is 3.14. The molecule has 1 aliphatic rings. The second-order valence-electron chi connectivity index (χ2n) is 5.20. The molecule has 0 atom stereocenters. The van der Waals surface area contributed by atoms with E-state index in [1.54, 1.807) is 4.90 Å². The highest BCUT2D eigenvalue weighted by Gasteiger charge is 2.40. The van der Waals surface area contributed by atoms with E-state index in [1.807, 2.05) is 49.1 Å². The van der Waals surface area contributed by atoms with E-state index in [9.17, 15) is 9.90 Å². The lowest BCUT2D eigenvalue weighted by molar-refractivity contribution is -0.130. The average Bonchev–Trinajstić information content (AvgIpc) is 2.39. The lowest BCUT2D eigenvalue weighted by atomic mass is 9.91. The predicted octanol–water partition coefficient (Wildman–Crippen LogP) is 1.50. The van der Waals surface area contributed by atoms with Crippen LogP contribution in [0.1, 0.15) is 20.3 Å². The zero-order chi connectivity index (χ0) is 13.9. The number of benzene rings is 1. The van der Waals surface area contributed by atoms with Crippen LogP contribution in [0, 0.1) is 0 Å². The van der Waals surface area contributed by atoms with Gasteiger partial charge in [0.1, 0.15) is 0 Å². The maximum atomic E-state index is 12.3. The number of likely N-dealkylation sites (N-methyl/N-ethyl adjacent to an activating group) is 1. The SMILES string of the molecule is CCN(C(=O)CN1CC(O)(CC)C1)c1ccccc1. The Morgan fingerprint density at radius 1 is 1.32 bits per heavy atom. The molecule has 1 heterocycles. The summed E-state index contributed by atoms with van der Waals surface area (Å²) in [6.07, 6.45) is 0.744. The van der Waals surface area contributed by atoms with Crippen LogP contribution in [0.25, 0.3) is 0 Å². The van der Waals surface area contributed by atoms with Crippen molar-refractivity contribution < 1.29 is 9.90 Å². The molecule has 1 aromatic rings. The lowest BCUT2D eigenvalue weighted by Crippen LogP contribution is -2.63. The number of nitrogens with zero attached hydrogens (tertiary/aromatic N) is 2. The molecule has 1 N–H and O–H groups in total. The molecule has 2 rings (SSSR count). The maximum absolute atomic E-state index is 12.3. The van der Waals surface area contributed by atoms with Gasteiger partial charge in [0.2, 0.25) is 5.91 Å². The topological polar surface area (TPSA) is 43.8 Å². The summed E-state index contributed by atoms with van der Waals surface area (Å²) in [5.41, 5.74) is 0.352. The minimum absolute atomic E-state index is 0.0897. The van der Waals surface area contributed by atoms with E-state index >= 15 is 0 Å². The monoisotopic (exact) mass is 262 g/mol. The molecule has 1 amide bonds. The van der Waals surface area contributed by atoms with Gasteiger partial charge in [-0.05, 0) is 25.5 Å². The molecule has 1 aliphatic heterocycles. The number of hydrogen-bond acceptors (Lipinski definition) is 3. The maximum Gasteiger partial charge on any atom is 0.241 e. The van der Waals surface area contributed by atoms with Crippen LogP contribution in [0.15, 0.2) is 30.3 Å². The number of amides is 1. The predicted molar refractivity (Wildman–Crippen MR) is 76.1 cm³/mol. The second kappa shape index (κ2) is 5.72. The summed E-state index contributed by atoms with van der Waals surface area (Å²) >= 11 is 0. The number of para-hydroxylation sites is 1. The first-order valence-electron chi connectivity index (χ1n) is 6.88. The fourth-order valence-corrected chi connectivity index (χ4v) is 2.51. The van der Waals surface area contributed by atoms with E-state index < -0.39 is 5.60 Å². The molecule has 0 aliphatic carbocycles. The van der Waals surface area contributed by atoms with Gasteiger partial charge in [-0.2, -0.15) is 0 Å². The fourth-order valence-electron chi connectivity index (χ4n) is 2.51. The Balaban J connectivity index is 1.92. The lowest BCUT2D eigenvalue weighted by Gasteiger charge is -2.46. The number of rotatable bonds is 5. The largest absolute Gasteiger partial charge is 0.387 e. The van der Waals surface area contributed by atoms with Gasteiger partial charge >= 0.3 is 0 Å². The molecule has 104 valence electrons. The molecule has 0 unspecified atom stereocenters. The van der Waals surface area contributed by atoms with Gasteiger partial charge in [0, 0.05) is 25.3 Å². The first-order chi connectivity index (χ1) is 9.08. The van der Waals surface area contributed by atoms with Crippen LogP contribution in [-0.4, -0.2) is 47.7 Å². The molecule has 1 saturated heterocycles. The summed E-state index contributed by atoms with van der Waals surface area (Å²) in [4.78, 5) is 16.1. The van der Waals surface area contributed by atoms with Crippen molar-refractivity contribution in [1.82, 2.24) is 4.90 Å². The summed E-state index contributed by atoms with van der Waals surface area (Å²) in [6, 6.07) is 9.70. The number of hydrogen-bond donors (Lipinski definition) is 1.